The van der Waals surface area contributed by atoms with E-state index in [1.807, 2.05) is 26.8 Å². The predicted octanol–water partition coefficient (Wildman–Crippen LogP) is 4.17. The van der Waals surface area contributed by atoms with Crippen LogP contribution >= 0.6 is 11.6 Å². The van der Waals surface area contributed by atoms with E-state index in [1.165, 1.54) is 0 Å². The Bertz CT molecular complexity index is 899. The predicted molar refractivity (Wildman–Crippen MR) is 108 cm³/mol. The van der Waals surface area contributed by atoms with Crippen molar-refractivity contribution in [3.8, 4) is 17.6 Å². The van der Waals surface area contributed by atoms with Crippen LogP contribution in [-0.4, -0.2) is 25.3 Å². The highest BCUT2D eigenvalue weighted by molar-refractivity contribution is 6.32. The highest BCUT2D eigenvalue weighted by Gasteiger charge is 2.37. The number of rotatable bonds is 7. The first kappa shape index (κ1) is 22.4. The molecule has 7 nitrogen and oxygen atoms in total. The van der Waals surface area contributed by atoms with E-state index < -0.39 is 11.9 Å². The standard InChI is InChI=1S/C21H25ClN2O5/c1-6-26-16-9-13(8-15(22)19(16)28-11(3)4)18-14(10-23)20(24)29-12(5)17(18)21(25)27-7-2/h8-9,11,18H,6-7,24H2,1-5H3. The van der Waals surface area contributed by atoms with Crippen molar-refractivity contribution in [1.29, 1.82) is 5.26 Å². The molecule has 8 heteroatoms. The van der Waals surface area contributed by atoms with Gasteiger partial charge < -0.3 is 24.7 Å². The second-order valence-corrected chi connectivity index (χ2v) is 6.95. The molecule has 1 unspecified atom stereocenters. The zero-order valence-corrected chi connectivity index (χ0v) is 17.9. The Balaban J connectivity index is 2.70. The van der Waals surface area contributed by atoms with Gasteiger partial charge in [-0.2, -0.15) is 5.26 Å². The van der Waals surface area contributed by atoms with Crippen molar-refractivity contribution in [2.45, 2.75) is 46.6 Å². The molecule has 2 N–H and O–H groups in total. The minimum absolute atomic E-state index is 0.0698. The van der Waals surface area contributed by atoms with Gasteiger partial charge in [-0.1, -0.05) is 11.6 Å². The summed E-state index contributed by atoms with van der Waals surface area (Å²) >= 11 is 6.49. The summed E-state index contributed by atoms with van der Waals surface area (Å²) in [6.45, 7) is 9.44. The Hall–Kier alpha value is -2.85. The summed E-state index contributed by atoms with van der Waals surface area (Å²) in [5, 5.41) is 9.99. The number of carbonyl (C=O) groups excluding carboxylic acids is 1. The lowest BCUT2D eigenvalue weighted by molar-refractivity contribution is -0.139. The summed E-state index contributed by atoms with van der Waals surface area (Å²) in [4.78, 5) is 12.6. The average molecular weight is 421 g/mol. The van der Waals surface area contributed by atoms with Crippen molar-refractivity contribution in [1.82, 2.24) is 0 Å². The van der Waals surface area contributed by atoms with Crippen molar-refractivity contribution >= 4 is 17.6 Å². The molecule has 0 fully saturated rings. The van der Waals surface area contributed by atoms with E-state index in [2.05, 4.69) is 0 Å². The van der Waals surface area contributed by atoms with E-state index in [1.54, 1.807) is 26.0 Å². The van der Waals surface area contributed by atoms with Gasteiger partial charge in [0.2, 0.25) is 5.88 Å². The summed E-state index contributed by atoms with van der Waals surface area (Å²) in [5.74, 6) is -0.397. The van der Waals surface area contributed by atoms with Gasteiger partial charge in [-0.15, -0.1) is 0 Å². The third kappa shape index (κ3) is 4.77. The Labute approximate surface area is 175 Å². The number of hydrogen-bond acceptors (Lipinski definition) is 7. The molecule has 0 saturated carbocycles. The lowest BCUT2D eigenvalue weighted by atomic mass is 9.83. The SMILES string of the molecule is CCOC(=O)C1=C(C)OC(N)=C(C#N)C1c1cc(Cl)c(OC(C)C)c(OCC)c1. The van der Waals surface area contributed by atoms with Gasteiger partial charge in [-0.25, -0.2) is 4.79 Å². The average Bonchev–Trinajstić information content (AvgIpc) is 2.63. The highest BCUT2D eigenvalue weighted by atomic mass is 35.5. The van der Waals surface area contributed by atoms with Gasteiger partial charge >= 0.3 is 5.97 Å². The zero-order chi connectivity index (χ0) is 21.7. The number of allylic oxidation sites excluding steroid dienone is 2. The van der Waals surface area contributed by atoms with Gasteiger partial charge in [0.05, 0.1) is 35.8 Å². The van der Waals surface area contributed by atoms with Crippen LogP contribution in [0, 0.1) is 11.3 Å². The summed E-state index contributed by atoms with van der Waals surface area (Å²) < 4.78 is 22.1. The first-order chi connectivity index (χ1) is 13.7. The van der Waals surface area contributed by atoms with Crippen molar-refractivity contribution in [2.75, 3.05) is 13.2 Å². The van der Waals surface area contributed by atoms with Crippen LogP contribution in [0.15, 0.2) is 34.9 Å². The largest absolute Gasteiger partial charge is 0.490 e. The van der Waals surface area contributed by atoms with Gasteiger partial charge in [0.15, 0.2) is 11.5 Å². The monoisotopic (exact) mass is 420 g/mol. The molecule has 0 spiro atoms. The van der Waals surface area contributed by atoms with Gasteiger partial charge in [0.1, 0.15) is 17.4 Å². The molecule has 156 valence electrons. The molecule has 29 heavy (non-hydrogen) atoms. The molecule has 0 aromatic heterocycles. The summed E-state index contributed by atoms with van der Waals surface area (Å²) in [5.41, 5.74) is 6.76. The molecule has 1 aromatic carbocycles. The smallest absolute Gasteiger partial charge is 0.338 e. The van der Waals surface area contributed by atoms with E-state index in [9.17, 15) is 10.1 Å². The van der Waals surface area contributed by atoms with E-state index >= 15 is 0 Å². The van der Waals surface area contributed by atoms with Crippen LogP contribution in [0.1, 0.15) is 46.1 Å². The summed E-state index contributed by atoms with van der Waals surface area (Å²) in [6.07, 6.45) is -0.122. The normalized spacial score (nSPS) is 16.4. The fourth-order valence-corrected chi connectivity index (χ4v) is 3.32. The molecule has 0 saturated heterocycles. The number of nitrogens with two attached hydrogens (primary N) is 1. The van der Waals surface area contributed by atoms with Crippen LogP contribution in [0.5, 0.6) is 11.5 Å². The lowest BCUT2D eigenvalue weighted by Crippen LogP contribution is -2.25. The number of nitriles is 1. The van der Waals surface area contributed by atoms with Gasteiger partial charge in [0.25, 0.3) is 0 Å². The Morgan fingerprint density at radius 2 is 2.03 bits per heavy atom. The molecule has 1 aliphatic rings. The van der Waals surface area contributed by atoms with Crippen LogP contribution in [-0.2, 0) is 14.3 Å². The topological polar surface area (TPSA) is 104 Å². The Morgan fingerprint density at radius 1 is 1.34 bits per heavy atom. The first-order valence-electron chi connectivity index (χ1n) is 9.33. The molecule has 1 aromatic rings. The molecular weight excluding hydrogens is 396 g/mol. The Kier molecular flexibility index (Phi) is 7.40. The molecule has 0 amide bonds. The number of hydrogen-bond donors (Lipinski definition) is 1. The Morgan fingerprint density at radius 3 is 2.59 bits per heavy atom. The minimum Gasteiger partial charge on any atom is -0.490 e. The van der Waals surface area contributed by atoms with Crippen molar-refractivity contribution in [3.63, 3.8) is 0 Å². The second-order valence-electron chi connectivity index (χ2n) is 6.54. The molecule has 0 aliphatic carbocycles. The van der Waals surface area contributed by atoms with Crippen LogP contribution in [0.25, 0.3) is 0 Å². The maximum atomic E-state index is 12.6. The molecule has 2 rings (SSSR count). The van der Waals surface area contributed by atoms with Crippen molar-refractivity contribution in [3.05, 3.63) is 45.5 Å². The number of benzene rings is 1. The fourth-order valence-electron chi connectivity index (χ4n) is 3.06. The molecule has 1 heterocycles. The number of esters is 1. The van der Waals surface area contributed by atoms with Crippen LogP contribution in [0.4, 0.5) is 0 Å². The van der Waals surface area contributed by atoms with Crippen LogP contribution in [0.2, 0.25) is 5.02 Å². The van der Waals surface area contributed by atoms with Crippen molar-refractivity contribution < 1.29 is 23.7 Å². The van der Waals surface area contributed by atoms with Gasteiger partial charge in [-0.05, 0) is 52.3 Å². The second kappa shape index (κ2) is 9.57. The number of halogens is 1. The quantitative estimate of drug-likeness (QED) is 0.660. The van der Waals surface area contributed by atoms with E-state index in [4.69, 9.17) is 36.3 Å². The molecule has 1 aliphatic heterocycles. The molecule has 1 atom stereocenters. The van der Waals surface area contributed by atoms with Crippen molar-refractivity contribution in [2.24, 2.45) is 5.73 Å². The third-order valence-corrected chi connectivity index (χ3v) is 4.40. The number of ether oxygens (including phenoxy) is 4. The lowest BCUT2D eigenvalue weighted by Gasteiger charge is -2.27. The summed E-state index contributed by atoms with van der Waals surface area (Å²) in [7, 11) is 0. The number of carbonyl (C=O) groups is 1. The number of nitrogens with zero attached hydrogens (tertiary/aromatic N) is 1. The molecule has 0 bridgehead atoms. The third-order valence-electron chi connectivity index (χ3n) is 4.12. The van der Waals surface area contributed by atoms with Gasteiger partial charge in [0, 0.05) is 0 Å². The minimum atomic E-state index is -0.808. The maximum absolute atomic E-state index is 12.6. The molecular formula is C21H25ClN2O5. The van der Waals surface area contributed by atoms with Gasteiger partial charge in [-0.3, -0.25) is 0 Å². The first-order valence-corrected chi connectivity index (χ1v) is 9.71. The van der Waals surface area contributed by atoms with Crippen LogP contribution < -0.4 is 15.2 Å². The van der Waals surface area contributed by atoms with Crippen LogP contribution in [0.3, 0.4) is 0 Å². The summed E-state index contributed by atoms with van der Waals surface area (Å²) in [6, 6.07) is 5.37. The fraction of sp³-hybridized carbons (Fsp3) is 0.429. The van der Waals surface area contributed by atoms with E-state index in [-0.39, 0.29) is 35.5 Å². The van der Waals surface area contributed by atoms with E-state index in [0.717, 1.165) is 0 Å². The maximum Gasteiger partial charge on any atom is 0.338 e. The van der Waals surface area contributed by atoms with E-state index in [0.29, 0.717) is 28.7 Å². The molecule has 0 radical (unpaired) electrons. The highest BCUT2D eigenvalue weighted by Crippen LogP contribution is 2.45. The zero-order valence-electron chi connectivity index (χ0n) is 17.2.